The van der Waals surface area contributed by atoms with Crippen molar-refractivity contribution < 1.29 is 9.85 Å². The van der Waals surface area contributed by atoms with Crippen LogP contribution in [0.3, 0.4) is 0 Å². The van der Waals surface area contributed by atoms with E-state index < -0.39 is 21.2 Å². The van der Waals surface area contributed by atoms with Crippen LogP contribution in [0, 0.1) is 20.2 Å². The Labute approximate surface area is 120 Å². The maximum Gasteiger partial charge on any atom is 0.270 e. The predicted octanol–water partition coefficient (Wildman–Crippen LogP) is 4.54. The van der Waals surface area contributed by atoms with Crippen molar-refractivity contribution in [3.8, 4) is 0 Å². The topological polar surface area (TPSA) is 184 Å². The van der Waals surface area contributed by atoms with Crippen LogP contribution in [0.1, 0.15) is 0 Å². The van der Waals surface area contributed by atoms with Crippen LogP contribution < -0.4 is 0 Å². The van der Waals surface area contributed by atoms with E-state index in [1.54, 1.807) is 0 Å². The molecule has 12 nitrogen and oxygen atoms in total. The largest absolute Gasteiger partial charge is 0.270 e. The summed E-state index contributed by atoms with van der Waals surface area (Å²) in [5.41, 5.74) is 15.9. The smallest absolute Gasteiger partial charge is 0.258 e. The molecule has 2 aromatic rings. The highest BCUT2D eigenvalue weighted by atomic mass is 16.6. The number of nitro benzene ring substituents is 2. The summed E-state index contributed by atoms with van der Waals surface area (Å²) in [5.74, 6) is 0. The summed E-state index contributed by atoms with van der Waals surface area (Å²) in [6.45, 7) is 0. The van der Waals surface area contributed by atoms with E-state index in [-0.39, 0.29) is 22.1 Å². The molecule has 0 saturated heterocycles. The number of azide groups is 2. The quantitative estimate of drug-likeness (QED) is 0.264. The van der Waals surface area contributed by atoms with Crippen molar-refractivity contribution in [2.45, 2.75) is 0 Å². The van der Waals surface area contributed by atoms with Crippen LogP contribution in [0.15, 0.2) is 34.5 Å². The maximum absolute atomic E-state index is 10.9. The van der Waals surface area contributed by atoms with E-state index in [0.29, 0.717) is 0 Å². The van der Waals surface area contributed by atoms with Crippen LogP contribution in [0.2, 0.25) is 0 Å². The second-order valence-corrected chi connectivity index (χ2v) is 3.92. The summed E-state index contributed by atoms with van der Waals surface area (Å²) in [6, 6.07) is 4.11. The molecule has 12 heteroatoms. The minimum atomic E-state index is -0.734. The number of benzene rings is 2. The monoisotopic (exact) mass is 300 g/mol. The summed E-state index contributed by atoms with van der Waals surface area (Å²) < 4.78 is 0. The first-order chi connectivity index (χ1) is 10.5. The van der Waals surface area contributed by atoms with E-state index in [1.807, 2.05) is 0 Å². The fraction of sp³-hybridized carbons (Fsp3) is 0. The zero-order valence-corrected chi connectivity index (χ0v) is 10.5. The molecular formula is C10H4N8O4. The Morgan fingerprint density at radius 3 is 1.59 bits per heavy atom. The third-order valence-electron chi connectivity index (χ3n) is 2.70. The lowest BCUT2D eigenvalue weighted by Gasteiger charge is -2.05. The highest BCUT2D eigenvalue weighted by Gasteiger charge is 2.17. The lowest BCUT2D eigenvalue weighted by Crippen LogP contribution is -1.91. The Hall–Kier alpha value is -3.88. The Bertz CT molecular complexity index is 840. The minimum absolute atomic E-state index is 0.0493. The highest BCUT2D eigenvalue weighted by molar-refractivity contribution is 6.03. The van der Waals surface area contributed by atoms with E-state index in [9.17, 15) is 20.2 Å². The Morgan fingerprint density at radius 1 is 0.864 bits per heavy atom. The lowest BCUT2D eigenvalue weighted by molar-refractivity contribution is -0.385. The normalized spacial score (nSPS) is 9.64. The Kier molecular flexibility index (Phi) is 3.72. The van der Waals surface area contributed by atoms with Gasteiger partial charge in [-0.1, -0.05) is 10.2 Å². The van der Waals surface area contributed by atoms with Crippen LogP contribution >= 0.6 is 0 Å². The van der Waals surface area contributed by atoms with Crippen molar-refractivity contribution in [1.29, 1.82) is 0 Å². The molecule has 0 bridgehead atoms. The Balaban J connectivity index is 3.02. The molecule has 108 valence electrons. The van der Waals surface area contributed by atoms with Crippen LogP contribution in [-0.2, 0) is 0 Å². The number of rotatable bonds is 4. The van der Waals surface area contributed by atoms with Gasteiger partial charge in [0.05, 0.1) is 21.2 Å². The summed E-state index contributed by atoms with van der Waals surface area (Å²) >= 11 is 0. The van der Waals surface area contributed by atoms with Crippen molar-refractivity contribution >= 4 is 33.5 Å². The molecular weight excluding hydrogens is 296 g/mol. The SMILES string of the molecule is [N-]=[N+]=Nc1cc([N+](=O)[O-])cc2cc([N+](=O)[O-])cc(N=[N+]=[N-])c12. The summed E-state index contributed by atoms with van der Waals surface area (Å²) in [5, 5.41) is 28.5. The fourth-order valence-corrected chi connectivity index (χ4v) is 1.90. The molecule has 0 aliphatic carbocycles. The van der Waals surface area contributed by atoms with Gasteiger partial charge in [0.2, 0.25) is 0 Å². The van der Waals surface area contributed by atoms with Crippen molar-refractivity contribution in [3.05, 3.63) is 65.4 Å². The molecule has 0 aliphatic heterocycles. The van der Waals surface area contributed by atoms with Crippen LogP contribution in [0.4, 0.5) is 22.7 Å². The minimum Gasteiger partial charge on any atom is -0.258 e. The number of non-ortho nitro benzene ring substituents is 2. The second-order valence-electron chi connectivity index (χ2n) is 3.92. The van der Waals surface area contributed by atoms with Crippen LogP contribution in [0.5, 0.6) is 0 Å². The molecule has 2 aromatic carbocycles. The predicted molar refractivity (Wildman–Crippen MR) is 74.9 cm³/mol. The van der Waals surface area contributed by atoms with Crippen LogP contribution in [0.25, 0.3) is 31.7 Å². The van der Waals surface area contributed by atoms with Gasteiger partial charge in [-0.05, 0) is 16.4 Å². The molecule has 0 saturated carbocycles. The number of fused-ring (bicyclic) bond motifs is 1. The second kappa shape index (κ2) is 5.63. The zero-order valence-electron chi connectivity index (χ0n) is 10.5. The first-order valence-electron chi connectivity index (χ1n) is 5.48. The molecule has 0 spiro atoms. The van der Waals surface area contributed by atoms with Gasteiger partial charge in [-0.2, -0.15) is 0 Å². The van der Waals surface area contributed by atoms with E-state index in [0.717, 1.165) is 24.3 Å². The summed E-state index contributed by atoms with van der Waals surface area (Å²) in [4.78, 5) is 25.4. The molecule has 0 radical (unpaired) electrons. The lowest BCUT2D eigenvalue weighted by atomic mass is 10.0. The van der Waals surface area contributed by atoms with Gasteiger partial charge >= 0.3 is 0 Å². The first-order valence-corrected chi connectivity index (χ1v) is 5.48. The van der Waals surface area contributed by atoms with Crippen molar-refractivity contribution in [2.75, 3.05) is 0 Å². The maximum atomic E-state index is 10.9. The van der Waals surface area contributed by atoms with Crippen molar-refractivity contribution in [2.24, 2.45) is 10.2 Å². The number of nitrogens with zero attached hydrogens (tertiary/aromatic N) is 8. The molecule has 0 N–H and O–H groups in total. The average molecular weight is 300 g/mol. The molecule has 0 fully saturated rings. The van der Waals surface area contributed by atoms with Gasteiger partial charge in [0.15, 0.2) is 0 Å². The Morgan fingerprint density at radius 2 is 1.27 bits per heavy atom. The summed E-state index contributed by atoms with van der Waals surface area (Å²) in [7, 11) is 0. The fourth-order valence-electron chi connectivity index (χ4n) is 1.90. The van der Waals surface area contributed by atoms with E-state index in [2.05, 4.69) is 20.1 Å². The molecule has 0 unspecified atom stereocenters. The number of nitro groups is 2. The van der Waals surface area contributed by atoms with Gasteiger partial charge in [-0.15, -0.1) is 0 Å². The van der Waals surface area contributed by atoms with Gasteiger partial charge in [0.1, 0.15) is 0 Å². The van der Waals surface area contributed by atoms with Gasteiger partial charge < -0.3 is 0 Å². The molecule has 0 aliphatic rings. The van der Waals surface area contributed by atoms with Crippen molar-refractivity contribution in [3.63, 3.8) is 0 Å². The average Bonchev–Trinajstić information content (AvgIpc) is 2.46. The molecule has 22 heavy (non-hydrogen) atoms. The molecule has 0 atom stereocenters. The summed E-state index contributed by atoms with van der Waals surface area (Å²) in [6.07, 6.45) is 0. The van der Waals surface area contributed by atoms with E-state index in [1.165, 1.54) is 0 Å². The van der Waals surface area contributed by atoms with Crippen LogP contribution in [-0.4, -0.2) is 9.85 Å². The standard InChI is InChI=1S/C10H4N8O4/c11-15-13-8-3-6(17(19)20)1-5-2-7(18(21)22)4-9(10(5)8)14-16-12/h1-4H. The molecule has 0 amide bonds. The van der Waals surface area contributed by atoms with E-state index >= 15 is 0 Å². The van der Waals surface area contributed by atoms with Gasteiger partial charge in [-0.25, -0.2) is 0 Å². The van der Waals surface area contributed by atoms with Gasteiger partial charge in [-0.3, -0.25) is 20.2 Å². The molecule has 0 aromatic heterocycles. The highest BCUT2D eigenvalue weighted by Crippen LogP contribution is 2.40. The van der Waals surface area contributed by atoms with Gasteiger partial charge in [0.25, 0.3) is 11.4 Å². The zero-order chi connectivity index (χ0) is 16.3. The molecule has 2 rings (SSSR count). The first kappa shape index (κ1) is 14.5. The molecule has 0 heterocycles. The number of hydrogen-bond acceptors (Lipinski definition) is 6. The van der Waals surface area contributed by atoms with E-state index in [4.69, 9.17) is 11.1 Å². The van der Waals surface area contributed by atoms with Crippen molar-refractivity contribution in [1.82, 2.24) is 0 Å². The third-order valence-corrected chi connectivity index (χ3v) is 2.70. The van der Waals surface area contributed by atoms with Gasteiger partial charge in [0, 0.05) is 39.5 Å². The third kappa shape index (κ3) is 2.54. The number of hydrogen-bond donors (Lipinski definition) is 0.